The maximum atomic E-state index is 12.9. The average molecular weight is 373 g/mol. The van der Waals surface area contributed by atoms with Crippen molar-refractivity contribution in [3.8, 4) is 0 Å². The molecular weight excluding hydrogens is 350 g/mol. The predicted molar refractivity (Wildman–Crippen MR) is 88.3 cm³/mol. The van der Waals surface area contributed by atoms with Crippen molar-refractivity contribution >= 4 is 21.9 Å². The molecule has 0 aliphatic carbocycles. The third-order valence-corrected chi connectivity index (χ3v) is 6.05. The maximum Gasteiger partial charge on any atom is 0.373 e. The van der Waals surface area contributed by atoms with Gasteiger partial charge in [0, 0.05) is 32.2 Å². The smallest absolute Gasteiger partial charge is 0.373 e. The predicted octanol–water partition coefficient (Wildman–Crippen LogP) is -0.150. The van der Waals surface area contributed by atoms with E-state index >= 15 is 0 Å². The lowest BCUT2D eigenvalue weighted by atomic mass is 9.99. The van der Waals surface area contributed by atoms with Crippen LogP contribution in [-0.4, -0.2) is 57.9 Å². The third kappa shape index (κ3) is 4.20. The Bertz CT molecular complexity index is 742. The summed E-state index contributed by atoms with van der Waals surface area (Å²) < 4.78 is 36.7. The van der Waals surface area contributed by atoms with Gasteiger partial charge in [-0.1, -0.05) is 0 Å². The summed E-state index contributed by atoms with van der Waals surface area (Å²) in [7, 11) is -2.69. The minimum absolute atomic E-state index is 0.0803. The van der Waals surface area contributed by atoms with E-state index in [4.69, 9.17) is 10.2 Å². The fourth-order valence-electron chi connectivity index (χ4n) is 2.78. The van der Waals surface area contributed by atoms with Crippen LogP contribution in [0.2, 0.25) is 0 Å². The first-order valence-corrected chi connectivity index (χ1v) is 9.42. The monoisotopic (exact) mass is 373 g/mol. The van der Waals surface area contributed by atoms with Crippen molar-refractivity contribution in [2.45, 2.75) is 24.7 Å². The molecule has 1 aliphatic heterocycles. The average Bonchev–Trinajstić information content (AvgIpc) is 3.01. The van der Waals surface area contributed by atoms with Crippen LogP contribution in [0.3, 0.4) is 0 Å². The number of methoxy groups -OCH3 is 1. The van der Waals surface area contributed by atoms with Crippen LogP contribution >= 0.6 is 0 Å². The van der Waals surface area contributed by atoms with Crippen LogP contribution in [-0.2, 0) is 19.6 Å². The summed E-state index contributed by atoms with van der Waals surface area (Å²) in [5, 5.41) is 2.69. The van der Waals surface area contributed by atoms with Gasteiger partial charge in [-0.3, -0.25) is 4.79 Å². The maximum absolute atomic E-state index is 12.9. The molecular formula is C15H23N3O6S. The zero-order valence-electron chi connectivity index (χ0n) is 14.3. The van der Waals surface area contributed by atoms with Gasteiger partial charge in [0.05, 0.1) is 13.0 Å². The van der Waals surface area contributed by atoms with Gasteiger partial charge in [0.15, 0.2) is 0 Å². The number of sulfonamides is 1. The molecule has 140 valence electrons. The highest BCUT2D eigenvalue weighted by atomic mass is 32.2. The van der Waals surface area contributed by atoms with Crippen molar-refractivity contribution in [3.63, 3.8) is 0 Å². The van der Waals surface area contributed by atoms with Crippen LogP contribution in [0.4, 0.5) is 0 Å². The fraction of sp³-hybridized carbons (Fsp3) is 0.600. The summed E-state index contributed by atoms with van der Waals surface area (Å²) in [5.74, 6) is -1.45. The number of nitrogens with zero attached hydrogens (tertiary/aromatic N) is 1. The molecule has 2 rings (SSSR count). The van der Waals surface area contributed by atoms with E-state index in [2.05, 4.69) is 10.1 Å². The van der Waals surface area contributed by atoms with Gasteiger partial charge in [0.25, 0.3) is 0 Å². The van der Waals surface area contributed by atoms with Crippen LogP contribution in [0.5, 0.6) is 0 Å². The van der Waals surface area contributed by atoms with Gasteiger partial charge in [-0.2, -0.15) is 4.31 Å². The number of nitrogens with two attached hydrogens (primary N) is 1. The lowest BCUT2D eigenvalue weighted by molar-refractivity contribution is -0.126. The number of furan rings is 1. The minimum atomic E-state index is -3.87. The number of amides is 1. The molecule has 1 saturated heterocycles. The van der Waals surface area contributed by atoms with Crippen LogP contribution in [0.1, 0.15) is 29.2 Å². The van der Waals surface area contributed by atoms with E-state index in [0.29, 0.717) is 32.5 Å². The number of carbonyl (C=O) groups excluding carboxylic acids is 2. The highest BCUT2D eigenvalue weighted by Crippen LogP contribution is 2.28. The highest BCUT2D eigenvalue weighted by Gasteiger charge is 2.35. The van der Waals surface area contributed by atoms with E-state index in [1.165, 1.54) is 18.3 Å². The second-order valence-electron chi connectivity index (χ2n) is 5.80. The second-order valence-corrected chi connectivity index (χ2v) is 7.71. The molecule has 1 aliphatic rings. The Labute approximate surface area is 146 Å². The SMILES string of the molecule is COC(=O)c1cc(S(=O)(=O)N2CCCC(C(=O)NCCN)C2)c(C)o1. The number of rotatable bonds is 6. The molecule has 0 saturated carbocycles. The largest absolute Gasteiger partial charge is 0.463 e. The number of hydrogen-bond acceptors (Lipinski definition) is 7. The van der Waals surface area contributed by atoms with Crippen molar-refractivity contribution in [2.24, 2.45) is 11.7 Å². The number of aryl methyl sites for hydroxylation is 1. The first kappa shape index (κ1) is 19.4. The van der Waals surface area contributed by atoms with Gasteiger partial charge in [0.2, 0.25) is 21.7 Å². The van der Waals surface area contributed by atoms with Crippen molar-refractivity contribution in [3.05, 3.63) is 17.6 Å². The summed E-state index contributed by atoms with van der Waals surface area (Å²) in [4.78, 5) is 23.5. The first-order valence-electron chi connectivity index (χ1n) is 7.98. The minimum Gasteiger partial charge on any atom is -0.463 e. The summed E-state index contributed by atoms with van der Waals surface area (Å²) in [5.41, 5.74) is 5.36. The quantitative estimate of drug-likeness (QED) is 0.663. The van der Waals surface area contributed by atoms with Crippen LogP contribution in [0.15, 0.2) is 15.4 Å². The number of piperidine rings is 1. The summed E-state index contributed by atoms with van der Waals surface area (Å²) in [6, 6.07) is 1.16. The van der Waals surface area contributed by atoms with Gasteiger partial charge in [-0.05, 0) is 19.8 Å². The third-order valence-electron chi connectivity index (χ3n) is 4.08. The molecule has 0 bridgehead atoms. The second kappa shape index (κ2) is 7.98. The zero-order chi connectivity index (χ0) is 18.6. The van der Waals surface area contributed by atoms with Crippen molar-refractivity contribution < 1.29 is 27.2 Å². The lowest BCUT2D eigenvalue weighted by Crippen LogP contribution is -2.46. The molecule has 1 aromatic rings. The van der Waals surface area contributed by atoms with Crippen LogP contribution in [0.25, 0.3) is 0 Å². The molecule has 2 heterocycles. The van der Waals surface area contributed by atoms with Gasteiger partial charge < -0.3 is 20.2 Å². The number of hydrogen-bond donors (Lipinski definition) is 2. The Hall–Kier alpha value is -1.91. The van der Waals surface area contributed by atoms with E-state index in [1.807, 2.05) is 0 Å². The molecule has 0 radical (unpaired) electrons. The molecule has 1 unspecified atom stereocenters. The van der Waals surface area contributed by atoms with E-state index in [-0.39, 0.29) is 28.9 Å². The Morgan fingerprint density at radius 1 is 1.48 bits per heavy atom. The van der Waals surface area contributed by atoms with Crippen LogP contribution in [0, 0.1) is 12.8 Å². The first-order chi connectivity index (χ1) is 11.8. The van der Waals surface area contributed by atoms with E-state index in [9.17, 15) is 18.0 Å². The topological polar surface area (TPSA) is 132 Å². The summed E-state index contributed by atoms with van der Waals surface area (Å²) >= 11 is 0. The Morgan fingerprint density at radius 2 is 2.20 bits per heavy atom. The zero-order valence-corrected chi connectivity index (χ0v) is 15.1. The molecule has 1 amide bonds. The standard InChI is InChI=1S/C15H23N3O6S/c1-10-13(8-12(24-10)15(20)23-2)25(21,22)18-7-3-4-11(9-18)14(19)17-6-5-16/h8,11H,3-7,9,16H2,1-2H3,(H,17,19). The molecule has 1 aromatic heterocycles. The Kier molecular flexibility index (Phi) is 6.20. The molecule has 25 heavy (non-hydrogen) atoms. The number of ether oxygens (including phenoxy) is 1. The van der Waals surface area contributed by atoms with Crippen molar-refractivity contribution in [1.82, 2.24) is 9.62 Å². The number of nitrogens with one attached hydrogen (secondary N) is 1. The summed E-state index contributed by atoms with van der Waals surface area (Å²) in [6.45, 7) is 2.53. The number of esters is 1. The summed E-state index contributed by atoms with van der Waals surface area (Å²) in [6.07, 6.45) is 1.18. The molecule has 9 nitrogen and oxygen atoms in total. The van der Waals surface area contributed by atoms with Crippen molar-refractivity contribution in [1.29, 1.82) is 0 Å². The molecule has 1 fully saturated rings. The van der Waals surface area contributed by atoms with Crippen LogP contribution < -0.4 is 11.1 Å². The normalized spacial score (nSPS) is 18.8. The van der Waals surface area contributed by atoms with Gasteiger partial charge >= 0.3 is 5.97 Å². The van der Waals surface area contributed by atoms with Gasteiger partial charge in [0.1, 0.15) is 10.7 Å². The van der Waals surface area contributed by atoms with Crippen molar-refractivity contribution in [2.75, 3.05) is 33.3 Å². The number of carbonyl (C=O) groups is 2. The molecule has 0 spiro atoms. The highest BCUT2D eigenvalue weighted by molar-refractivity contribution is 7.89. The van der Waals surface area contributed by atoms with E-state index < -0.39 is 21.9 Å². The van der Waals surface area contributed by atoms with E-state index in [0.717, 1.165) is 6.07 Å². The molecule has 3 N–H and O–H groups in total. The Balaban J connectivity index is 2.20. The molecule has 1 atom stereocenters. The fourth-order valence-corrected chi connectivity index (χ4v) is 4.46. The van der Waals surface area contributed by atoms with Gasteiger partial charge in [-0.15, -0.1) is 0 Å². The molecule has 10 heteroatoms. The van der Waals surface area contributed by atoms with Gasteiger partial charge in [-0.25, -0.2) is 13.2 Å². The Morgan fingerprint density at radius 3 is 2.84 bits per heavy atom. The molecule has 0 aromatic carbocycles. The lowest BCUT2D eigenvalue weighted by Gasteiger charge is -2.31. The van der Waals surface area contributed by atoms with E-state index in [1.54, 1.807) is 0 Å².